The number of hydrogen-bond acceptors (Lipinski definition) is 2. The fourth-order valence-electron chi connectivity index (χ4n) is 2.87. The van der Waals surface area contributed by atoms with E-state index in [-0.39, 0.29) is 11.9 Å². The summed E-state index contributed by atoms with van der Waals surface area (Å²) < 4.78 is 5.11. The zero-order chi connectivity index (χ0) is 9.97. The van der Waals surface area contributed by atoms with Gasteiger partial charge in [0.15, 0.2) is 0 Å². The van der Waals surface area contributed by atoms with Gasteiger partial charge in [-0.1, -0.05) is 12.2 Å². The van der Waals surface area contributed by atoms with Gasteiger partial charge in [0, 0.05) is 0 Å². The highest BCUT2D eigenvalue weighted by molar-refractivity contribution is 5.73. The maximum Gasteiger partial charge on any atom is 0.309 e. The molecule has 0 heterocycles. The summed E-state index contributed by atoms with van der Waals surface area (Å²) in [4.78, 5) is 11.7. The van der Waals surface area contributed by atoms with Crippen LogP contribution in [0.5, 0.6) is 0 Å². The van der Waals surface area contributed by atoms with Crippen LogP contribution in [-0.4, -0.2) is 12.6 Å². The third-order valence-corrected chi connectivity index (χ3v) is 3.57. The second kappa shape index (κ2) is 4.16. The number of fused-ring (bicyclic) bond motifs is 1. The van der Waals surface area contributed by atoms with Crippen LogP contribution in [0, 0.1) is 17.8 Å². The number of rotatable bonds is 2. The summed E-state index contributed by atoms with van der Waals surface area (Å²) in [6.07, 6.45) is 8.97. The molecule has 14 heavy (non-hydrogen) atoms. The van der Waals surface area contributed by atoms with E-state index in [4.69, 9.17) is 4.74 Å². The number of esters is 1. The topological polar surface area (TPSA) is 26.3 Å². The predicted molar refractivity (Wildman–Crippen MR) is 54.7 cm³/mol. The summed E-state index contributed by atoms with van der Waals surface area (Å²) in [5.74, 6) is 1.54. The average molecular weight is 194 g/mol. The Morgan fingerprint density at radius 2 is 2.14 bits per heavy atom. The minimum absolute atomic E-state index is 0.0373. The van der Waals surface area contributed by atoms with Crippen LogP contribution in [0.25, 0.3) is 0 Å². The minimum Gasteiger partial charge on any atom is -0.466 e. The van der Waals surface area contributed by atoms with Crippen molar-refractivity contribution < 1.29 is 9.53 Å². The standard InChI is InChI=1S/C12H18O2/c1-2-14-12(13)11-8-7-9-5-3-4-6-10(9)11/h3-4,9-11H,2,5-8H2,1H3. The highest BCUT2D eigenvalue weighted by atomic mass is 16.5. The molecule has 0 aromatic rings. The molecule has 0 amide bonds. The van der Waals surface area contributed by atoms with E-state index in [1.165, 1.54) is 12.8 Å². The van der Waals surface area contributed by atoms with Gasteiger partial charge in [-0.25, -0.2) is 0 Å². The fraction of sp³-hybridized carbons (Fsp3) is 0.750. The number of carbonyl (C=O) groups is 1. The van der Waals surface area contributed by atoms with Gasteiger partial charge in [0.05, 0.1) is 12.5 Å². The van der Waals surface area contributed by atoms with Gasteiger partial charge in [0.25, 0.3) is 0 Å². The van der Waals surface area contributed by atoms with E-state index in [1.54, 1.807) is 0 Å². The lowest BCUT2D eigenvalue weighted by Crippen LogP contribution is -2.25. The van der Waals surface area contributed by atoms with E-state index in [1.807, 2.05) is 6.92 Å². The van der Waals surface area contributed by atoms with Crippen molar-refractivity contribution in [3.8, 4) is 0 Å². The Morgan fingerprint density at radius 3 is 2.93 bits per heavy atom. The van der Waals surface area contributed by atoms with Gasteiger partial charge in [-0.15, -0.1) is 0 Å². The number of carbonyl (C=O) groups excluding carboxylic acids is 1. The molecule has 3 atom stereocenters. The fourth-order valence-corrected chi connectivity index (χ4v) is 2.87. The Kier molecular flexibility index (Phi) is 2.90. The molecule has 0 spiro atoms. The average Bonchev–Trinajstić information content (AvgIpc) is 2.61. The minimum atomic E-state index is 0.0373. The summed E-state index contributed by atoms with van der Waals surface area (Å²) in [6.45, 7) is 2.40. The molecule has 0 saturated heterocycles. The summed E-state index contributed by atoms with van der Waals surface area (Å²) >= 11 is 0. The lowest BCUT2D eigenvalue weighted by Gasteiger charge is -2.24. The van der Waals surface area contributed by atoms with E-state index in [9.17, 15) is 4.79 Å². The van der Waals surface area contributed by atoms with Crippen molar-refractivity contribution in [2.75, 3.05) is 6.61 Å². The smallest absolute Gasteiger partial charge is 0.309 e. The zero-order valence-corrected chi connectivity index (χ0v) is 8.74. The van der Waals surface area contributed by atoms with E-state index in [0.29, 0.717) is 12.5 Å². The molecule has 0 N–H and O–H groups in total. The second-order valence-corrected chi connectivity index (χ2v) is 4.30. The van der Waals surface area contributed by atoms with Crippen molar-refractivity contribution in [2.24, 2.45) is 17.8 Å². The number of ether oxygens (including phenoxy) is 1. The molecule has 2 heteroatoms. The van der Waals surface area contributed by atoms with Crippen LogP contribution in [0.2, 0.25) is 0 Å². The van der Waals surface area contributed by atoms with Gasteiger partial charge >= 0.3 is 5.97 Å². The SMILES string of the molecule is CCOC(=O)C1CCC2CC=CCC21. The van der Waals surface area contributed by atoms with Crippen molar-refractivity contribution in [2.45, 2.75) is 32.6 Å². The summed E-state index contributed by atoms with van der Waals surface area (Å²) in [5, 5.41) is 0. The molecular formula is C12H18O2. The Labute approximate surface area is 85.3 Å². The number of hydrogen-bond donors (Lipinski definition) is 0. The third-order valence-electron chi connectivity index (χ3n) is 3.57. The van der Waals surface area contributed by atoms with E-state index in [0.717, 1.165) is 18.8 Å². The summed E-state index contributed by atoms with van der Waals surface area (Å²) in [6, 6.07) is 0. The molecule has 1 saturated carbocycles. The Morgan fingerprint density at radius 1 is 1.36 bits per heavy atom. The van der Waals surface area contributed by atoms with Crippen molar-refractivity contribution in [1.82, 2.24) is 0 Å². The van der Waals surface area contributed by atoms with E-state index < -0.39 is 0 Å². The normalized spacial score (nSPS) is 35.4. The molecule has 2 aliphatic rings. The van der Waals surface area contributed by atoms with Crippen molar-refractivity contribution in [3.63, 3.8) is 0 Å². The van der Waals surface area contributed by atoms with Crippen LogP contribution < -0.4 is 0 Å². The summed E-state index contributed by atoms with van der Waals surface area (Å²) in [5.41, 5.74) is 0. The maximum atomic E-state index is 11.7. The van der Waals surface area contributed by atoms with E-state index in [2.05, 4.69) is 12.2 Å². The molecule has 2 aliphatic carbocycles. The predicted octanol–water partition coefficient (Wildman–Crippen LogP) is 2.54. The highest BCUT2D eigenvalue weighted by Gasteiger charge is 2.40. The first-order valence-corrected chi connectivity index (χ1v) is 5.64. The first-order valence-electron chi connectivity index (χ1n) is 5.64. The molecule has 2 nitrogen and oxygen atoms in total. The van der Waals surface area contributed by atoms with Gasteiger partial charge in [0.2, 0.25) is 0 Å². The Bertz CT molecular complexity index is 245. The van der Waals surface area contributed by atoms with Crippen LogP contribution in [-0.2, 0) is 9.53 Å². The van der Waals surface area contributed by atoms with Gasteiger partial charge in [-0.3, -0.25) is 4.79 Å². The molecule has 0 aromatic heterocycles. The van der Waals surface area contributed by atoms with Crippen molar-refractivity contribution >= 4 is 5.97 Å². The Hall–Kier alpha value is -0.790. The second-order valence-electron chi connectivity index (χ2n) is 4.30. The first kappa shape index (κ1) is 9.75. The molecule has 0 aliphatic heterocycles. The van der Waals surface area contributed by atoms with Crippen LogP contribution >= 0.6 is 0 Å². The third kappa shape index (κ3) is 1.70. The van der Waals surface area contributed by atoms with Crippen LogP contribution in [0.15, 0.2) is 12.2 Å². The van der Waals surface area contributed by atoms with Gasteiger partial charge in [0.1, 0.15) is 0 Å². The maximum absolute atomic E-state index is 11.7. The van der Waals surface area contributed by atoms with Crippen molar-refractivity contribution in [3.05, 3.63) is 12.2 Å². The van der Waals surface area contributed by atoms with Gasteiger partial charge < -0.3 is 4.74 Å². The molecule has 3 unspecified atom stereocenters. The largest absolute Gasteiger partial charge is 0.466 e. The Balaban J connectivity index is 2.00. The molecule has 1 fully saturated rings. The molecule has 78 valence electrons. The number of allylic oxidation sites excluding steroid dienone is 2. The molecule has 0 aromatic carbocycles. The first-order chi connectivity index (χ1) is 6.83. The molecule has 0 bridgehead atoms. The summed E-state index contributed by atoms with van der Waals surface area (Å²) in [7, 11) is 0. The van der Waals surface area contributed by atoms with Gasteiger partial charge in [-0.2, -0.15) is 0 Å². The quantitative estimate of drug-likeness (QED) is 0.499. The lowest BCUT2D eigenvalue weighted by atomic mass is 9.81. The van der Waals surface area contributed by atoms with Crippen LogP contribution in [0.1, 0.15) is 32.6 Å². The molecule has 2 rings (SSSR count). The molecule has 0 radical (unpaired) electrons. The molecular weight excluding hydrogens is 176 g/mol. The highest BCUT2D eigenvalue weighted by Crippen LogP contribution is 2.44. The van der Waals surface area contributed by atoms with Crippen LogP contribution in [0.4, 0.5) is 0 Å². The zero-order valence-electron chi connectivity index (χ0n) is 8.74. The monoisotopic (exact) mass is 194 g/mol. The van der Waals surface area contributed by atoms with E-state index >= 15 is 0 Å². The van der Waals surface area contributed by atoms with Crippen molar-refractivity contribution in [1.29, 1.82) is 0 Å². The van der Waals surface area contributed by atoms with Crippen LogP contribution in [0.3, 0.4) is 0 Å². The lowest BCUT2D eigenvalue weighted by molar-refractivity contribution is -0.149. The van der Waals surface area contributed by atoms with Gasteiger partial charge in [-0.05, 0) is 44.4 Å².